The minimum Gasteiger partial charge on any atom is -0.392 e. The van der Waals surface area contributed by atoms with Gasteiger partial charge < -0.3 is 10.2 Å². The van der Waals surface area contributed by atoms with Crippen LogP contribution >= 0.6 is 0 Å². The third-order valence-electron chi connectivity index (χ3n) is 3.86. The summed E-state index contributed by atoms with van der Waals surface area (Å²) < 4.78 is 0. The molecule has 0 saturated heterocycles. The number of aliphatic hydroxyl groups excluding tert-OH is 2. The molecule has 2 heteroatoms. The van der Waals surface area contributed by atoms with Crippen LogP contribution in [0.5, 0.6) is 0 Å². The van der Waals surface area contributed by atoms with E-state index in [1.54, 1.807) is 0 Å². The van der Waals surface area contributed by atoms with E-state index >= 15 is 0 Å². The molecule has 0 amide bonds. The van der Waals surface area contributed by atoms with Gasteiger partial charge in [0.1, 0.15) is 6.61 Å². The van der Waals surface area contributed by atoms with E-state index in [4.69, 9.17) is 10.2 Å². The Morgan fingerprint density at radius 2 is 1.17 bits per heavy atom. The molecule has 0 atom stereocenters. The molecular weight excluding hydrogens is 296 g/mol. The standard InChI is InChI=1S/C11H22O.C11H20O/c2*1-2-3-4-5-6-7-8-9-10-11-12/h9-10,12H,2-8,11H2,1H3;12H,2-8,11H2,1H3/b10-9-;. The Hall–Kier alpha value is -0.780. The quantitative estimate of drug-likeness (QED) is 0.231. The lowest BCUT2D eigenvalue weighted by Crippen LogP contribution is -1.78. The molecule has 142 valence electrons. The highest BCUT2D eigenvalue weighted by Gasteiger charge is 1.88. The summed E-state index contributed by atoms with van der Waals surface area (Å²) in [5, 5.41) is 16.8. The molecule has 24 heavy (non-hydrogen) atoms. The van der Waals surface area contributed by atoms with Crippen LogP contribution in [-0.2, 0) is 0 Å². The number of hydrogen-bond donors (Lipinski definition) is 2. The van der Waals surface area contributed by atoms with Gasteiger partial charge in [-0.2, -0.15) is 0 Å². The molecular formula is C22H42O2. The van der Waals surface area contributed by atoms with Crippen molar-refractivity contribution in [1.29, 1.82) is 0 Å². The second-order valence-corrected chi connectivity index (χ2v) is 6.24. The summed E-state index contributed by atoms with van der Waals surface area (Å²) in [6.07, 6.45) is 21.9. The number of allylic oxidation sites excluding steroid dienone is 1. The maximum atomic E-state index is 8.45. The Balaban J connectivity index is 0. The van der Waals surface area contributed by atoms with Crippen molar-refractivity contribution in [2.24, 2.45) is 0 Å². The SMILES string of the molecule is CCCCCCCC/C=C\CO.CCCCCCCCC#CCO. The van der Waals surface area contributed by atoms with Gasteiger partial charge in [0.2, 0.25) is 0 Å². The molecule has 0 aliphatic carbocycles. The van der Waals surface area contributed by atoms with Gasteiger partial charge in [-0.15, -0.1) is 5.92 Å². The van der Waals surface area contributed by atoms with Gasteiger partial charge in [0.05, 0.1) is 6.61 Å². The van der Waals surface area contributed by atoms with Crippen LogP contribution in [0.2, 0.25) is 0 Å². The molecule has 0 rings (SSSR count). The fourth-order valence-electron chi connectivity index (χ4n) is 2.37. The minimum absolute atomic E-state index is 0.00976. The van der Waals surface area contributed by atoms with Crippen LogP contribution in [0.3, 0.4) is 0 Å². The average molecular weight is 339 g/mol. The van der Waals surface area contributed by atoms with Gasteiger partial charge in [0.15, 0.2) is 0 Å². The minimum atomic E-state index is 0.00976. The summed E-state index contributed by atoms with van der Waals surface area (Å²) in [5.74, 6) is 5.58. The van der Waals surface area contributed by atoms with E-state index in [0.717, 1.165) is 12.8 Å². The van der Waals surface area contributed by atoms with Gasteiger partial charge in [-0.1, -0.05) is 96.1 Å². The largest absolute Gasteiger partial charge is 0.392 e. The van der Waals surface area contributed by atoms with Gasteiger partial charge in [0, 0.05) is 6.42 Å². The first-order valence-electron chi connectivity index (χ1n) is 10.2. The summed E-state index contributed by atoms with van der Waals surface area (Å²) in [4.78, 5) is 0. The predicted molar refractivity (Wildman–Crippen MR) is 107 cm³/mol. The van der Waals surface area contributed by atoms with Crippen LogP contribution in [0, 0.1) is 11.8 Å². The van der Waals surface area contributed by atoms with Crippen molar-refractivity contribution in [3.8, 4) is 11.8 Å². The molecule has 0 bridgehead atoms. The van der Waals surface area contributed by atoms with E-state index in [9.17, 15) is 0 Å². The highest BCUT2D eigenvalue weighted by molar-refractivity contribution is 4.98. The molecule has 0 aromatic heterocycles. The topological polar surface area (TPSA) is 40.5 Å². The van der Waals surface area contributed by atoms with Gasteiger partial charge in [0.25, 0.3) is 0 Å². The number of aliphatic hydroxyl groups is 2. The van der Waals surface area contributed by atoms with Crippen LogP contribution < -0.4 is 0 Å². The third-order valence-corrected chi connectivity index (χ3v) is 3.86. The van der Waals surface area contributed by atoms with E-state index < -0.39 is 0 Å². The van der Waals surface area contributed by atoms with Crippen LogP contribution in [-0.4, -0.2) is 23.4 Å². The lowest BCUT2D eigenvalue weighted by Gasteiger charge is -1.97. The number of rotatable bonds is 14. The van der Waals surface area contributed by atoms with Crippen molar-refractivity contribution in [1.82, 2.24) is 0 Å². The Morgan fingerprint density at radius 3 is 1.71 bits per heavy atom. The van der Waals surface area contributed by atoms with Gasteiger partial charge in [-0.05, 0) is 19.3 Å². The maximum absolute atomic E-state index is 8.45. The molecule has 0 heterocycles. The smallest absolute Gasteiger partial charge is 0.104 e. The molecule has 2 N–H and O–H groups in total. The first-order valence-corrected chi connectivity index (χ1v) is 10.2. The van der Waals surface area contributed by atoms with E-state index in [0.29, 0.717) is 0 Å². The summed E-state index contributed by atoms with van der Waals surface area (Å²) in [5.41, 5.74) is 0. The third kappa shape index (κ3) is 29.3. The summed E-state index contributed by atoms with van der Waals surface area (Å²) in [6.45, 7) is 4.67. The summed E-state index contributed by atoms with van der Waals surface area (Å²) >= 11 is 0. The van der Waals surface area contributed by atoms with Crippen molar-refractivity contribution < 1.29 is 10.2 Å². The van der Waals surface area contributed by atoms with E-state index in [2.05, 4.69) is 31.8 Å². The fourth-order valence-corrected chi connectivity index (χ4v) is 2.37. The van der Waals surface area contributed by atoms with Crippen LogP contribution in [0.25, 0.3) is 0 Å². The molecule has 0 spiro atoms. The lowest BCUT2D eigenvalue weighted by atomic mass is 10.1. The zero-order chi connectivity index (χ0) is 18.1. The molecule has 0 aliphatic rings. The second-order valence-electron chi connectivity index (χ2n) is 6.24. The highest BCUT2D eigenvalue weighted by atomic mass is 16.3. The van der Waals surface area contributed by atoms with Gasteiger partial charge >= 0.3 is 0 Å². The van der Waals surface area contributed by atoms with Crippen LogP contribution in [0.1, 0.15) is 104 Å². The fraction of sp³-hybridized carbons (Fsp3) is 0.818. The predicted octanol–water partition coefficient (Wildman–Crippen LogP) is 6.02. The summed E-state index contributed by atoms with van der Waals surface area (Å²) in [6, 6.07) is 0. The van der Waals surface area contributed by atoms with E-state index in [-0.39, 0.29) is 13.2 Å². The first-order chi connectivity index (χ1) is 11.8. The normalized spacial score (nSPS) is 10.2. The molecule has 0 saturated carbocycles. The molecule has 0 aromatic rings. The molecule has 0 aromatic carbocycles. The highest BCUT2D eigenvalue weighted by Crippen LogP contribution is 2.07. The van der Waals surface area contributed by atoms with E-state index in [1.807, 2.05) is 6.08 Å². The van der Waals surface area contributed by atoms with Gasteiger partial charge in [-0.25, -0.2) is 0 Å². The van der Waals surface area contributed by atoms with Crippen molar-refractivity contribution in [3.63, 3.8) is 0 Å². The average Bonchev–Trinajstić information content (AvgIpc) is 2.60. The van der Waals surface area contributed by atoms with Crippen molar-refractivity contribution >= 4 is 0 Å². The maximum Gasteiger partial charge on any atom is 0.104 e. The lowest BCUT2D eigenvalue weighted by molar-refractivity contribution is 0.342. The Morgan fingerprint density at radius 1 is 0.625 bits per heavy atom. The van der Waals surface area contributed by atoms with Gasteiger partial charge in [-0.3, -0.25) is 0 Å². The number of hydrogen-bond acceptors (Lipinski definition) is 2. The molecule has 0 fully saturated rings. The molecule has 0 radical (unpaired) electrons. The molecule has 0 unspecified atom stereocenters. The van der Waals surface area contributed by atoms with E-state index in [1.165, 1.54) is 77.0 Å². The van der Waals surface area contributed by atoms with Crippen LogP contribution in [0.4, 0.5) is 0 Å². The van der Waals surface area contributed by atoms with Crippen molar-refractivity contribution in [2.45, 2.75) is 104 Å². The number of unbranched alkanes of at least 4 members (excludes halogenated alkanes) is 12. The Kier molecular flexibility index (Phi) is 28.7. The molecule has 2 nitrogen and oxygen atoms in total. The molecule has 0 aliphatic heterocycles. The van der Waals surface area contributed by atoms with Crippen molar-refractivity contribution in [2.75, 3.05) is 13.2 Å². The Bertz CT molecular complexity index is 286. The first kappa shape index (κ1) is 25.5. The summed E-state index contributed by atoms with van der Waals surface area (Å²) in [7, 11) is 0. The zero-order valence-corrected chi connectivity index (χ0v) is 16.4. The second kappa shape index (κ2) is 27.1. The monoisotopic (exact) mass is 338 g/mol. The van der Waals surface area contributed by atoms with Crippen molar-refractivity contribution in [3.05, 3.63) is 12.2 Å². The van der Waals surface area contributed by atoms with Crippen LogP contribution in [0.15, 0.2) is 12.2 Å². The Labute approximate surface area is 151 Å². The zero-order valence-electron chi connectivity index (χ0n) is 16.4.